The van der Waals surface area contributed by atoms with Crippen LogP contribution in [0.5, 0.6) is 5.75 Å². The molecule has 1 aliphatic carbocycles. The third-order valence-corrected chi connectivity index (χ3v) is 2.99. The first-order chi connectivity index (χ1) is 8.36. The number of ether oxygens (including phenoxy) is 1. The second-order valence-corrected chi connectivity index (χ2v) is 4.50. The van der Waals surface area contributed by atoms with E-state index in [0.717, 1.165) is 19.3 Å². The quantitative estimate of drug-likeness (QED) is 0.875. The fourth-order valence-electron chi connectivity index (χ4n) is 1.80. The summed E-state index contributed by atoms with van der Waals surface area (Å²) in [4.78, 5) is 0. The van der Waals surface area contributed by atoms with E-state index in [1.54, 1.807) is 0 Å². The third-order valence-electron chi connectivity index (χ3n) is 2.99. The number of nitrogens with one attached hydrogen (secondary N) is 1. The summed E-state index contributed by atoms with van der Waals surface area (Å²) in [5.74, 6) is -0.254. The van der Waals surface area contributed by atoms with Gasteiger partial charge in [-0.1, -0.05) is 0 Å². The van der Waals surface area contributed by atoms with E-state index in [-0.39, 0.29) is 5.75 Å². The molecule has 1 saturated carbocycles. The molecule has 18 heavy (non-hydrogen) atoms. The number of aliphatic hydroxyl groups is 1. The molecule has 0 unspecified atom stereocenters. The van der Waals surface area contributed by atoms with Gasteiger partial charge in [0.1, 0.15) is 5.75 Å². The van der Waals surface area contributed by atoms with Gasteiger partial charge in [0.15, 0.2) is 0 Å². The van der Waals surface area contributed by atoms with Crippen molar-refractivity contribution in [3.63, 3.8) is 0 Å². The summed E-state index contributed by atoms with van der Waals surface area (Å²) in [6, 6.07) is 5.45. The molecule has 2 N–H and O–H groups in total. The summed E-state index contributed by atoms with van der Waals surface area (Å²) in [6.07, 6.45) is -2.14. The van der Waals surface area contributed by atoms with Gasteiger partial charge >= 0.3 is 6.36 Å². The number of anilines is 1. The fraction of sp³-hybridized carbons (Fsp3) is 0.500. The molecule has 1 fully saturated rings. The zero-order valence-electron chi connectivity index (χ0n) is 9.63. The van der Waals surface area contributed by atoms with E-state index >= 15 is 0 Å². The topological polar surface area (TPSA) is 41.5 Å². The van der Waals surface area contributed by atoms with Crippen molar-refractivity contribution < 1.29 is 23.0 Å². The molecule has 0 aliphatic heterocycles. The molecule has 0 bridgehead atoms. The molecule has 1 aliphatic rings. The molecule has 0 spiro atoms. The van der Waals surface area contributed by atoms with Crippen LogP contribution in [0.15, 0.2) is 24.3 Å². The highest BCUT2D eigenvalue weighted by molar-refractivity contribution is 5.46. The van der Waals surface area contributed by atoms with Crippen LogP contribution in [0.4, 0.5) is 18.9 Å². The van der Waals surface area contributed by atoms with Crippen LogP contribution in [-0.4, -0.2) is 23.6 Å². The Morgan fingerprint density at radius 1 is 1.22 bits per heavy atom. The van der Waals surface area contributed by atoms with Crippen molar-refractivity contribution in [2.75, 3.05) is 11.9 Å². The zero-order valence-corrected chi connectivity index (χ0v) is 9.63. The van der Waals surface area contributed by atoms with Gasteiger partial charge in [-0.2, -0.15) is 0 Å². The molecule has 3 nitrogen and oxygen atoms in total. The Kier molecular flexibility index (Phi) is 3.38. The zero-order chi connectivity index (χ0) is 13.2. The normalized spacial score (nSPS) is 18.0. The van der Waals surface area contributed by atoms with Gasteiger partial charge in [-0.05, 0) is 43.5 Å². The predicted octanol–water partition coefficient (Wildman–Crippen LogP) is 2.91. The average molecular weight is 261 g/mol. The van der Waals surface area contributed by atoms with Crippen LogP contribution in [-0.2, 0) is 0 Å². The van der Waals surface area contributed by atoms with Gasteiger partial charge < -0.3 is 15.2 Å². The van der Waals surface area contributed by atoms with Gasteiger partial charge in [0.2, 0.25) is 0 Å². The van der Waals surface area contributed by atoms with E-state index in [1.807, 2.05) is 0 Å². The van der Waals surface area contributed by atoms with Crippen molar-refractivity contribution in [2.24, 2.45) is 0 Å². The van der Waals surface area contributed by atoms with Crippen molar-refractivity contribution >= 4 is 5.69 Å². The summed E-state index contributed by atoms with van der Waals surface area (Å²) in [7, 11) is 0. The third kappa shape index (κ3) is 3.53. The Balaban J connectivity index is 1.87. The molecule has 0 atom stereocenters. The molecule has 1 aromatic rings. The maximum atomic E-state index is 11.9. The highest BCUT2D eigenvalue weighted by Gasteiger charge is 2.34. The molecule has 2 rings (SSSR count). The van der Waals surface area contributed by atoms with Crippen molar-refractivity contribution in [2.45, 2.75) is 31.2 Å². The van der Waals surface area contributed by atoms with Crippen LogP contribution in [0.3, 0.4) is 0 Å². The maximum absolute atomic E-state index is 11.9. The molecule has 6 heteroatoms. The minimum Gasteiger partial charge on any atom is -0.406 e. The minimum atomic E-state index is -4.67. The van der Waals surface area contributed by atoms with E-state index < -0.39 is 12.0 Å². The van der Waals surface area contributed by atoms with E-state index in [1.165, 1.54) is 24.3 Å². The number of rotatable bonds is 4. The second-order valence-electron chi connectivity index (χ2n) is 4.50. The predicted molar refractivity (Wildman–Crippen MR) is 60.4 cm³/mol. The molecule has 0 amide bonds. The van der Waals surface area contributed by atoms with E-state index in [0.29, 0.717) is 12.2 Å². The molecule has 0 aromatic heterocycles. The standard InChI is InChI=1S/C12H14F3NO2/c13-12(14,15)18-10-4-2-9(3-5-10)16-8-11(17)6-1-7-11/h2-5,16-17H,1,6-8H2. The fourth-order valence-corrected chi connectivity index (χ4v) is 1.80. The first kappa shape index (κ1) is 13.0. The van der Waals surface area contributed by atoms with Crippen LogP contribution in [0.1, 0.15) is 19.3 Å². The molecule has 0 heterocycles. The highest BCUT2D eigenvalue weighted by Crippen LogP contribution is 2.32. The molecular formula is C12H14F3NO2. The maximum Gasteiger partial charge on any atom is 0.573 e. The first-order valence-electron chi connectivity index (χ1n) is 5.68. The Hall–Kier alpha value is -1.43. The molecule has 100 valence electrons. The molecule has 1 aromatic carbocycles. The number of halogens is 3. The van der Waals surface area contributed by atoms with Crippen molar-refractivity contribution in [1.29, 1.82) is 0 Å². The van der Waals surface area contributed by atoms with Gasteiger partial charge in [0.05, 0.1) is 5.60 Å². The van der Waals surface area contributed by atoms with Gasteiger partial charge in [-0.25, -0.2) is 0 Å². The van der Waals surface area contributed by atoms with Gasteiger partial charge in [-0.3, -0.25) is 0 Å². The van der Waals surface area contributed by atoms with Crippen LogP contribution in [0.25, 0.3) is 0 Å². The van der Waals surface area contributed by atoms with Gasteiger partial charge in [-0.15, -0.1) is 13.2 Å². The summed E-state index contributed by atoms with van der Waals surface area (Å²) in [5, 5.41) is 12.8. The number of hydrogen-bond donors (Lipinski definition) is 2. The molecule has 0 radical (unpaired) electrons. The van der Waals surface area contributed by atoms with E-state index in [4.69, 9.17) is 0 Å². The van der Waals surface area contributed by atoms with Crippen LogP contribution in [0, 0.1) is 0 Å². The molecular weight excluding hydrogens is 247 g/mol. The average Bonchev–Trinajstić information content (AvgIpc) is 2.23. The van der Waals surface area contributed by atoms with E-state index in [2.05, 4.69) is 10.1 Å². The van der Waals surface area contributed by atoms with Gasteiger partial charge in [0.25, 0.3) is 0 Å². The first-order valence-corrected chi connectivity index (χ1v) is 5.68. The van der Waals surface area contributed by atoms with Gasteiger partial charge in [0, 0.05) is 12.2 Å². The lowest BCUT2D eigenvalue weighted by molar-refractivity contribution is -0.274. The Morgan fingerprint density at radius 3 is 2.28 bits per heavy atom. The van der Waals surface area contributed by atoms with Crippen LogP contribution >= 0.6 is 0 Å². The number of hydrogen-bond acceptors (Lipinski definition) is 3. The lowest BCUT2D eigenvalue weighted by atomic mass is 9.80. The number of alkyl halides is 3. The van der Waals surface area contributed by atoms with Crippen LogP contribution in [0.2, 0.25) is 0 Å². The molecule has 0 saturated heterocycles. The largest absolute Gasteiger partial charge is 0.573 e. The SMILES string of the molecule is OC1(CNc2ccc(OC(F)(F)F)cc2)CCC1. The van der Waals surface area contributed by atoms with Crippen LogP contribution < -0.4 is 10.1 Å². The van der Waals surface area contributed by atoms with Crippen molar-refractivity contribution in [3.8, 4) is 5.75 Å². The minimum absolute atomic E-state index is 0.254. The Labute approximate surface area is 103 Å². The van der Waals surface area contributed by atoms with Crippen molar-refractivity contribution in [3.05, 3.63) is 24.3 Å². The lowest BCUT2D eigenvalue weighted by Crippen LogP contribution is -2.43. The monoisotopic (exact) mass is 261 g/mol. The van der Waals surface area contributed by atoms with E-state index in [9.17, 15) is 18.3 Å². The Bertz CT molecular complexity index is 399. The number of benzene rings is 1. The lowest BCUT2D eigenvalue weighted by Gasteiger charge is -2.36. The second kappa shape index (κ2) is 4.68. The summed E-state index contributed by atoms with van der Waals surface area (Å²) < 4.78 is 39.5. The highest BCUT2D eigenvalue weighted by atomic mass is 19.4. The Morgan fingerprint density at radius 2 is 1.83 bits per heavy atom. The summed E-state index contributed by atoms with van der Waals surface area (Å²) in [6.45, 7) is 0.409. The van der Waals surface area contributed by atoms with Crippen molar-refractivity contribution in [1.82, 2.24) is 0 Å². The smallest absolute Gasteiger partial charge is 0.406 e. The summed E-state index contributed by atoms with van der Waals surface area (Å²) >= 11 is 0. The summed E-state index contributed by atoms with van der Waals surface area (Å²) in [5.41, 5.74) is -0.00827.